The third-order valence-electron chi connectivity index (χ3n) is 3.38. The molecule has 21 heavy (non-hydrogen) atoms. The quantitative estimate of drug-likeness (QED) is 0.736. The highest BCUT2D eigenvalue weighted by atomic mass is 16.6. The molecular formula is C13H24N2O6. The van der Waals surface area contributed by atoms with Crippen LogP contribution in [0.3, 0.4) is 0 Å². The summed E-state index contributed by atoms with van der Waals surface area (Å²) in [7, 11) is 4.06. The minimum atomic E-state index is -1.82. The predicted molar refractivity (Wildman–Crippen MR) is 75.2 cm³/mol. The van der Waals surface area contributed by atoms with Crippen LogP contribution < -0.4 is 0 Å². The van der Waals surface area contributed by atoms with E-state index in [1.165, 1.54) is 0 Å². The molecule has 1 aliphatic rings. The second-order valence-electron chi connectivity index (χ2n) is 5.16. The number of hydrogen-bond donors (Lipinski definition) is 2. The van der Waals surface area contributed by atoms with E-state index in [4.69, 9.17) is 24.5 Å². The summed E-state index contributed by atoms with van der Waals surface area (Å²) in [4.78, 5) is 33.6. The van der Waals surface area contributed by atoms with Gasteiger partial charge in [-0.2, -0.15) is 0 Å². The van der Waals surface area contributed by atoms with E-state index in [2.05, 4.69) is 11.8 Å². The molecule has 122 valence electrons. The van der Waals surface area contributed by atoms with Crippen LogP contribution in [0, 0.1) is 0 Å². The van der Waals surface area contributed by atoms with Gasteiger partial charge in [0.05, 0.1) is 6.61 Å². The minimum Gasteiger partial charge on any atom is -0.473 e. The molecule has 0 bridgehead atoms. The van der Waals surface area contributed by atoms with Gasteiger partial charge in [-0.1, -0.05) is 0 Å². The van der Waals surface area contributed by atoms with E-state index in [0.29, 0.717) is 18.7 Å². The average molecular weight is 304 g/mol. The number of carbonyl (C=O) groups is 3. The molecule has 0 aromatic heterocycles. The summed E-state index contributed by atoms with van der Waals surface area (Å²) in [6.07, 6.45) is 1.84. The first kappa shape index (κ1) is 19.2. The van der Waals surface area contributed by atoms with Crippen molar-refractivity contribution < 1.29 is 29.3 Å². The van der Waals surface area contributed by atoms with Gasteiger partial charge >= 0.3 is 18.0 Å². The molecule has 8 heteroatoms. The van der Waals surface area contributed by atoms with Crippen LogP contribution in [0.15, 0.2) is 0 Å². The Morgan fingerprint density at radius 2 is 1.81 bits per heavy atom. The second kappa shape index (κ2) is 9.17. The molecule has 2 N–H and O–H groups in total. The van der Waals surface area contributed by atoms with E-state index in [1.54, 1.807) is 4.90 Å². The van der Waals surface area contributed by atoms with Gasteiger partial charge in [-0.3, -0.25) is 0 Å². The highest BCUT2D eigenvalue weighted by molar-refractivity contribution is 6.27. The fraction of sp³-hybridized carbons (Fsp3) is 0.769. The molecule has 1 heterocycles. The molecule has 0 aromatic rings. The maximum Gasteiger partial charge on any atom is 0.414 e. The zero-order valence-corrected chi connectivity index (χ0v) is 12.9. The molecule has 1 saturated heterocycles. The van der Waals surface area contributed by atoms with Crippen LogP contribution in [0.2, 0.25) is 0 Å². The molecule has 8 nitrogen and oxygen atoms in total. The predicted octanol–water partition coefficient (Wildman–Crippen LogP) is 0.713. The Hall–Kier alpha value is -1.83. The van der Waals surface area contributed by atoms with Crippen molar-refractivity contribution in [3.05, 3.63) is 0 Å². The van der Waals surface area contributed by atoms with Crippen molar-refractivity contribution in [3.63, 3.8) is 0 Å². The molecule has 1 amide bonds. The van der Waals surface area contributed by atoms with Crippen LogP contribution in [0.1, 0.15) is 26.7 Å². The number of aliphatic carboxylic acids is 2. The Labute approximate surface area is 124 Å². The summed E-state index contributed by atoms with van der Waals surface area (Å²) in [5.74, 6) is -3.65. The third kappa shape index (κ3) is 7.50. The second-order valence-corrected chi connectivity index (χ2v) is 5.16. The summed E-state index contributed by atoms with van der Waals surface area (Å²) in [6.45, 7) is 5.54. The number of ether oxygens (including phenoxy) is 1. The van der Waals surface area contributed by atoms with Crippen LogP contribution >= 0.6 is 0 Å². The van der Waals surface area contributed by atoms with Crippen LogP contribution in [-0.4, -0.2) is 77.4 Å². The number of hydrogen-bond acceptors (Lipinski definition) is 5. The summed E-state index contributed by atoms with van der Waals surface area (Å²) in [5.41, 5.74) is 0. The lowest BCUT2D eigenvalue weighted by molar-refractivity contribution is -0.159. The smallest absolute Gasteiger partial charge is 0.414 e. The minimum absolute atomic E-state index is 0.153. The van der Waals surface area contributed by atoms with Crippen LogP contribution in [-0.2, 0) is 14.3 Å². The van der Waals surface area contributed by atoms with Crippen molar-refractivity contribution in [2.24, 2.45) is 0 Å². The first-order valence-corrected chi connectivity index (χ1v) is 6.72. The number of carboxylic acids is 2. The molecule has 2 atom stereocenters. The fourth-order valence-electron chi connectivity index (χ4n) is 1.45. The van der Waals surface area contributed by atoms with E-state index in [-0.39, 0.29) is 6.09 Å². The van der Waals surface area contributed by atoms with E-state index in [0.717, 1.165) is 19.4 Å². The van der Waals surface area contributed by atoms with Gasteiger partial charge in [-0.15, -0.1) is 0 Å². The van der Waals surface area contributed by atoms with Crippen molar-refractivity contribution in [3.8, 4) is 0 Å². The van der Waals surface area contributed by atoms with E-state index in [9.17, 15) is 4.79 Å². The molecule has 1 aliphatic heterocycles. The van der Waals surface area contributed by atoms with Gasteiger partial charge in [0.2, 0.25) is 0 Å². The monoisotopic (exact) mass is 304 g/mol. The van der Waals surface area contributed by atoms with Gasteiger partial charge in [-0.25, -0.2) is 14.4 Å². The number of rotatable bonds is 4. The summed E-state index contributed by atoms with van der Waals surface area (Å²) in [5, 5.41) is 14.8. The number of carboxylic acid groups (broad SMARTS) is 2. The van der Waals surface area contributed by atoms with Crippen molar-refractivity contribution in [1.82, 2.24) is 9.80 Å². The number of amides is 1. The summed E-state index contributed by atoms with van der Waals surface area (Å²) < 4.78 is 5.20. The fourth-order valence-corrected chi connectivity index (χ4v) is 1.45. The Morgan fingerprint density at radius 3 is 2.10 bits per heavy atom. The molecule has 0 aliphatic carbocycles. The summed E-state index contributed by atoms with van der Waals surface area (Å²) >= 11 is 0. The Kier molecular flexibility index (Phi) is 8.37. The normalized spacial score (nSPS) is 18.1. The lowest BCUT2D eigenvalue weighted by Gasteiger charge is -2.37. The van der Waals surface area contributed by atoms with Gasteiger partial charge in [0.25, 0.3) is 0 Å². The SMILES string of the molecule is CC(CCOC(=O)N1CCC1C)N(C)C.O=C(O)C(=O)O. The highest BCUT2D eigenvalue weighted by Crippen LogP contribution is 2.17. The van der Waals surface area contributed by atoms with Gasteiger partial charge in [0, 0.05) is 18.6 Å². The van der Waals surface area contributed by atoms with Crippen molar-refractivity contribution in [2.75, 3.05) is 27.2 Å². The van der Waals surface area contributed by atoms with E-state index >= 15 is 0 Å². The zero-order chi connectivity index (χ0) is 16.6. The highest BCUT2D eigenvalue weighted by Gasteiger charge is 2.29. The summed E-state index contributed by atoms with van der Waals surface area (Å²) in [6, 6.07) is 0.815. The van der Waals surface area contributed by atoms with E-state index < -0.39 is 11.9 Å². The number of carbonyl (C=O) groups excluding carboxylic acids is 1. The molecule has 1 rings (SSSR count). The Balaban J connectivity index is 0.000000567. The Bertz CT molecular complexity index is 360. The molecule has 0 radical (unpaired) electrons. The van der Waals surface area contributed by atoms with Gasteiger partial charge in [0.15, 0.2) is 0 Å². The van der Waals surface area contributed by atoms with E-state index in [1.807, 2.05) is 21.0 Å². The van der Waals surface area contributed by atoms with Gasteiger partial charge in [0.1, 0.15) is 0 Å². The van der Waals surface area contributed by atoms with Crippen molar-refractivity contribution in [2.45, 2.75) is 38.8 Å². The lowest BCUT2D eigenvalue weighted by Crippen LogP contribution is -2.49. The molecule has 0 saturated carbocycles. The van der Waals surface area contributed by atoms with Gasteiger partial charge in [-0.05, 0) is 40.8 Å². The van der Waals surface area contributed by atoms with Gasteiger partial charge < -0.3 is 24.7 Å². The molecular weight excluding hydrogens is 280 g/mol. The topological polar surface area (TPSA) is 107 Å². The molecule has 0 spiro atoms. The number of nitrogens with zero attached hydrogens (tertiary/aromatic N) is 2. The van der Waals surface area contributed by atoms with Crippen LogP contribution in [0.25, 0.3) is 0 Å². The lowest BCUT2D eigenvalue weighted by atomic mass is 10.1. The molecule has 0 aromatic carbocycles. The van der Waals surface area contributed by atoms with Crippen LogP contribution in [0.5, 0.6) is 0 Å². The largest absolute Gasteiger partial charge is 0.473 e. The first-order valence-electron chi connectivity index (χ1n) is 6.72. The zero-order valence-electron chi connectivity index (χ0n) is 12.9. The average Bonchev–Trinajstić information content (AvgIpc) is 2.37. The maximum absolute atomic E-state index is 11.5. The number of likely N-dealkylation sites (tertiary alicyclic amines) is 1. The third-order valence-corrected chi connectivity index (χ3v) is 3.38. The first-order chi connectivity index (χ1) is 9.66. The molecule has 1 fully saturated rings. The Morgan fingerprint density at radius 1 is 1.29 bits per heavy atom. The van der Waals surface area contributed by atoms with Crippen LogP contribution in [0.4, 0.5) is 4.79 Å². The molecule has 2 unspecified atom stereocenters. The maximum atomic E-state index is 11.5. The van der Waals surface area contributed by atoms with Crippen molar-refractivity contribution in [1.29, 1.82) is 0 Å². The standard InChI is InChI=1S/C11H22N2O2.C2H2O4/c1-9(12(3)4)6-8-15-11(14)13-7-5-10(13)2;3-1(4)2(5)6/h9-10H,5-8H2,1-4H3;(H,3,4)(H,5,6). The van der Waals surface area contributed by atoms with Crippen molar-refractivity contribution >= 4 is 18.0 Å².